The van der Waals surface area contributed by atoms with Crippen molar-refractivity contribution in [1.29, 1.82) is 0 Å². The number of nitrogens with zero attached hydrogens (tertiary/aromatic N) is 5. The van der Waals surface area contributed by atoms with Crippen molar-refractivity contribution >= 4 is 56.7 Å². The molecule has 3 aromatic heterocycles. The minimum absolute atomic E-state index is 0.275. The van der Waals surface area contributed by atoms with Crippen molar-refractivity contribution in [2.45, 2.75) is 73.3 Å². The van der Waals surface area contributed by atoms with E-state index in [1.165, 1.54) is 11.3 Å². The summed E-state index contributed by atoms with van der Waals surface area (Å²) in [6, 6.07) is 23.6. The Morgan fingerprint density at radius 1 is 0.862 bits per heavy atom. The molecule has 1 N–H and O–H groups in total. The van der Waals surface area contributed by atoms with Gasteiger partial charge in [0.05, 0.1) is 41.5 Å². The molecule has 0 aliphatic carbocycles. The fourth-order valence-electron chi connectivity index (χ4n) is 8.60. The molecule has 0 saturated heterocycles. The zero-order valence-corrected chi connectivity index (χ0v) is 35.0. The van der Waals surface area contributed by atoms with E-state index in [-0.39, 0.29) is 5.56 Å². The van der Waals surface area contributed by atoms with Crippen molar-refractivity contribution in [2.24, 2.45) is 7.05 Å². The molecular weight excluding hydrogens is 769 g/mol. The number of aromatic nitrogens is 4. The Morgan fingerprint density at radius 2 is 1.60 bits per heavy atom. The van der Waals surface area contributed by atoms with Crippen LogP contribution in [-0.4, -0.2) is 43.3 Å². The van der Waals surface area contributed by atoms with Gasteiger partial charge in [-0.2, -0.15) is 0 Å². The molecule has 1 aliphatic heterocycles. The van der Waals surface area contributed by atoms with E-state index in [4.69, 9.17) is 42.6 Å². The van der Waals surface area contributed by atoms with Gasteiger partial charge in [0.1, 0.15) is 12.4 Å². The van der Waals surface area contributed by atoms with E-state index >= 15 is 0 Å². The van der Waals surface area contributed by atoms with Crippen molar-refractivity contribution in [3.05, 3.63) is 140 Å². The third-order valence-electron chi connectivity index (χ3n) is 11.3. The molecule has 8 rings (SSSR count). The first kappa shape index (κ1) is 39.5. The molecule has 0 saturated carbocycles. The average molecular weight is 817 g/mol. The van der Waals surface area contributed by atoms with E-state index in [0.717, 1.165) is 110 Å². The van der Waals surface area contributed by atoms with Gasteiger partial charge >= 0.3 is 5.97 Å². The zero-order valence-electron chi connectivity index (χ0n) is 33.5. The van der Waals surface area contributed by atoms with Crippen LogP contribution in [0.2, 0.25) is 10.0 Å². The second-order valence-electron chi connectivity index (χ2n) is 15.3. The predicted octanol–water partition coefficient (Wildman–Crippen LogP) is 11.0. The summed E-state index contributed by atoms with van der Waals surface area (Å²) in [5, 5.41) is 13.4. The molecule has 11 heteroatoms. The quantitative estimate of drug-likeness (QED) is 0.123. The SMILES string of the molecule is Cc1cc(OCCCc2c3n(c4c(-c5c(C)nc(COCc6ccccc6)nc5C)c(Cl)ccc24)CCCN(c2cn(C)c4ccc(C(=O)O)cc24)C3)cc(C)c1Cl. The van der Waals surface area contributed by atoms with Crippen molar-refractivity contribution in [1.82, 2.24) is 19.1 Å². The first-order valence-electron chi connectivity index (χ1n) is 19.7. The molecule has 0 amide bonds. The molecule has 7 aromatic rings. The first-order valence-corrected chi connectivity index (χ1v) is 20.5. The number of aromatic carboxylic acids is 1. The van der Waals surface area contributed by atoms with Crippen LogP contribution in [0.25, 0.3) is 32.9 Å². The molecule has 298 valence electrons. The summed E-state index contributed by atoms with van der Waals surface area (Å²) < 4.78 is 16.9. The maximum absolute atomic E-state index is 12.0. The van der Waals surface area contributed by atoms with Crippen LogP contribution in [-0.2, 0) is 44.5 Å². The smallest absolute Gasteiger partial charge is 0.335 e. The number of carboxylic acids is 1. The molecule has 0 radical (unpaired) electrons. The Morgan fingerprint density at radius 3 is 2.33 bits per heavy atom. The first-order chi connectivity index (χ1) is 28.0. The van der Waals surface area contributed by atoms with Gasteiger partial charge in [-0.1, -0.05) is 59.6 Å². The third kappa shape index (κ3) is 7.66. The summed E-state index contributed by atoms with van der Waals surface area (Å²) in [6.07, 6.45) is 4.57. The van der Waals surface area contributed by atoms with Crippen LogP contribution in [0.15, 0.2) is 79.0 Å². The standard InChI is InChI=1S/C47H47Cl2N5O4/c1-28-21-34(22-29(2)45(28)49)58-20-9-13-35-36-15-16-38(48)44(43-30(3)50-42(51-31(43)4)27-57-26-32-11-7-6-8-12-32)46(36)54-19-10-18-53(25-41(35)54)40-24-52(5)39-17-14-33(47(55)56)23-37(39)40/h6-8,11-12,14-17,21-24H,9-10,13,18-20,25-27H2,1-5H3,(H,55,56). The number of benzene rings is 4. The van der Waals surface area contributed by atoms with Gasteiger partial charge in [0.25, 0.3) is 0 Å². The number of anilines is 1. The molecule has 0 spiro atoms. The summed E-state index contributed by atoms with van der Waals surface area (Å²) in [5.41, 5.74) is 12.5. The Balaban J connectivity index is 1.19. The number of hydrogen-bond donors (Lipinski definition) is 1. The number of rotatable bonds is 12. The van der Waals surface area contributed by atoms with Gasteiger partial charge in [-0.15, -0.1) is 0 Å². The molecule has 0 bridgehead atoms. The second-order valence-corrected chi connectivity index (χ2v) is 16.1. The molecule has 1 aliphatic rings. The van der Waals surface area contributed by atoms with Crippen molar-refractivity contribution in [2.75, 3.05) is 18.1 Å². The van der Waals surface area contributed by atoms with E-state index in [2.05, 4.69) is 26.3 Å². The number of ether oxygens (including phenoxy) is 2. The molecule has 58 heavy (non-hydrogen) atoms. The fraction of sp³-hybridized carbons (Fsp3) is 0.298. The van der Waals surface area contributed by atoms with Crippen LogP contribution in [0.5, 0.6) is 5.75 Å². The normalized spacial score (nSPS) is 13.0. The minimum Gasteiger partial charge on any atom is -0.494 e. The topological polar surface area (TPSA) is 94.6 Å². The number of fused-ring (bicyclic) bond motifs is 4. The van der Waals surface area contributed by atoms with Gasteiger partial charge in [-0.3, -0.25) is 0 Å². The van der Waals surface area contributed by atoms with E-state index in [9.17, 15) is 9.90 Å². The van der Waals surface area contributed by atoms with Crippen LogP contribution >= 0.6 is 23.2 Å². The second kappa shape index (κ2) is 16.5. The van der Waals surface area contributed by atoms with Crippen LogP contribution in [0, 0.1) is 27.7 Å². The molecular formula is C47H47Cl2N5O4. The lowest BCUT2D eigenvalue weighted by Crippen LogP contribution is -2.23. The highest BCUT2D eigenvalue weighted by Crippen LogP contribution is 2.43. The summed E-state index contributed by atoms with van der Waals surface area (Å²) in [5.74, 6) is 0.514. The summed E-state index contributed by atoms with van der Waals surface area (Å²) in [6.45, 7) is 11.6. The van der Waals surface area contributed by atoms with Gasteiger partial charge in [0, 0.05) is 75.9 Å². The Labute approximate surface area is 348 Å². The largest absolute Gasteiger partial charge is 0.494 e. The summed E-state index contributed by atoms with van der Waals surface area (Å²) in [4.78, 5) is 24.4. The highest BCUT2D eigenvalue weighted by molar-refractivity contribution is 6.35. The van der Waals surface area contributed by atoms with Gasteiger partial charge in [0.15, 0.2) is 5.82 Å². The summed E-state index contributed by atoms with van der Waals surface area (Å²) >= 11 is 13.7. The lowest BCUT2D eigenvalue weighted by atomic mass is 9.97. The highest BCUT2D eigenvalue weighted by Gasteiger charge is 2.28. The molecule has 0 unspecified atom stereocenters. The fourth-order valence-corrected chi connectivity index (χ4v) is 8.96. The van der Waals surface area contributed by atoms with Crippen LogP contribution in [0.1, 0.15) is 68.4 Å². The third-order valence-corrected chi connectivity index (χ3v) is 12.2. The van der Waals surface area contributed by atoms with E-state index in [1.807, 2.05) is 89.3 Å². The van der Waals surface area contributed by atoms with Crippen molar-refractivity contribution < 1.29 is 19.4 Å². The molecule has 0 atom stereocenters. The van der Waals surface area contributed by atoms with E-state index in [1.54, 1.807) is 12.1 Å². The molecule has 9 nitrogen and oxygen atoms in total. The van der Waals surface area contributed by atoms with Gasteiger partial charge in [0.2, 0.25) is 0 Å². The van der Waals surface area contributed by atoms with Crippen LogP contribution in [0.3, 0.4) is 0 Å². The monoisotopic (exact) mass is 815 g/mol. The maximum atomic E-state index is 12.0. The Bertz CT molecular complexity index is 2640. The van der Waals surface area contributed by atoms with E-state index in [0.29, 0.717) is 37.2 Å². The van der Waals surface area contributed by atoms with Crippen LogP contribution < -0.4 is 9.64 Å². The predicted molar refractivity (Wildman–Crippen MR) is 233 cm³/mol. The van der Waals surface area contributed by atoms with Crippen molar-refractivity contribution in [3.63, 3.8) is 0 Å². The van der Waals surface area contributed by atoms with Gasteiger partial charge in [-0.25, -0.2) is 14.8 Å². The van der Waals surface area contributed by atoms with Crippen LogP contribution in [0.4, 0.5) is 5.69 Å². The molecule has 0 fully saturated rings. The van der Waals surface area contributed by atoms with Gasteiger partial charge < -0.3 is 28.6 Å². The highest BCUT2D eigenvalue weighted by atomic mass is 35.5. The number of carboxylic acid groups (broad SMARTS) is 1. The maximum Gasteiger partial charge on any atom is 0.335 e. The Kier molecular flexibility index (Phi) is 11.2. The van der Waals surface area contributed by atoms with Crippen molar-refractivity contribution in [3.8, 4) is 16.9 Å². The minimum atomic E-state index is -0.937. The number of hydrogen-bond acceptors (Lipinski definition) is 6. The summed E-state index contributed by atoms with van der Waals surface area (Å²) in [7, 11) is 2.01. The van der Waals surface area contributed by atoms with E-state index < -0.39 is 5.97 Å². The van der Waals surface area contributed by atoms with Gasteiger partial charge in [-0.05, 0) is 106 Å². The molecule has 4 heterocycles. The number of carbonyl (C=O) groups is 1. The zero-order chi connectivity index (χ0) is 40.7. The Hall–Kier alpha value is -5.35. The molecule has 4 aromatic carbocycles. The lowest BCUT2D eigenvalue weighted by Gasteiger charge is -2.22. The lowest BCUT2D eigenvalue weighted by molar-refractivity contribution is 0.0697. The number of halogens is 2. The number of aryl methyl sites for hydroxylation is 7. The average Bonchev–Trinajstić information content (AvgIpc) is 3.58.